The third kappa shape index (κ3) is 3.36. The maximum absolute atomic E-state index is 12.9. The van der Waals surface area contributed by atoms with Crippen LogP contribution in [-0.2, 0) is 17.9 Å². The molecule has 0 spiro atoms. The number of fused-ring (bicyclic) bond motifs is 3. The van der Waals surface area contributed by atoms with Crippen molar-refractivity contribution in [3.63, 3.8) is 0 Å². The number of nitrogens with one attached hydrogen (secondary N) is 1. The van der Waals surface area contributed by atoms with E-state index in [2.05, 4.69) is 10.4 Å². The van der Waals surface area contributed by atoms with E-state index in [0.29, 0.717) is 11.9 Å². The van der Waals surface area contributed by atoms with Gasteiger partial charge in [0, 0.05) is 16.6 Å². The number of aryl methyl sites for hydroxylation is 1. The smallest absolute Gasteiger partial charge is 0.276 e. The molecule has 0 atom stereocenters. The molecule has 2 heterocycles. The van der Waals surface area contributed by atoms with Crippen molar-refractivity contribution >= 4 is 37.4 Å². The lowest BCUT2D eigenvalue weighted by Gasteiger charge is -2.09. The number of carbonyl (C=O) groups excluding carboxylic acids is 1. The predicted molar refractivity (Wildman–Crippen MR) is 111 cm³/mol. The fourth-order valence-electron chi connectivity index (χ4n) is 3.16. The zero-order chi connectivity index (χ0) is 19.7. The Hall–Kier alpha value is -3.19. The van der Waals surface area contributed by atoms with E-state index in [0.717, 1.165) is 31.8 Å². The van der Waals surface area contributed by atoms with Gasteiger partial charge in [-0.25, -0.2) is 4.68 Å². The van der Waals surface area contributed by atoms with Crippen LogP contribution in [0.4, 0.5) is 0 Å². The Morgan fingerprint density at radius 3 is 2.68 bits per heavy atom. The highest BCUT2D eigenvalue weighted by atomic mass is 32.1. The molecule has 0 fully saturated rings. The van der Waals surface area contributed by atoms with Crippen LogP contribution in [0.2, 0.25) is 0 Å². The average molecular weight is 393 g/mol. The zero-order valence-electron chi connectivity index (χ0n) is 15.6. The minimum atomic E-state index is -0.260. The van der Waals surface area contributed by atoms with Crippen LogP contribution in [0.5, 0.6) is 5.75 Å². The van der Waals surface area contributed by atoms with Crippen molar-refractivity contribution in [2.24, 2.45) is 0 Å². The van der Waals surface area contributed by atoms with Gasteiger partial charge in [-0.05, 0) is 30.7 Å². The van der Waals surface area contributed by atoms with Gasteiger partial charge >= 0.3 is 0 Å². The van der Waals surface area contributed by atoms with Gasteiger partial charge in [-0.1, -0.05) is 30.3 Å². The summed E-state index contributed by atoms with van der Waals surface area (Å²) < 4.78 is 8.29. The molecule has 0 saturated carbocycles. The van der Waals surface area contributed by atoms with Crippen molar-refractivity contribution in [3.8, 4) is 5.75 Å². The van der Waals surface area contributed by atoms with Gasteiger partial charge in [-0.3, -0.25) is 9.59 Å². The van der Waals surface area contributed by atoms with Gasteiger partial charge < -0.3 is 10.1 Å². The minimum Gasteiger partial charge on any atom is -0.497 e. The molecular weight excluding hydrogens is 374 g/mol. The summed E-state index contributed by atoms with van der Waals surface area (Å²) in [6, 6.07) is 15.2. The molecule has 0 saturated heterocycles. The number of aromatic nitrogens is 2. The monoisotopic (exact) mass is 393 g/mol. The summed E-state index contributed by atoms with van der Waals surface area (Å²) in [5.41, 5.74) is 1.46. The highest BCUT2D eigenvalue weighted by Gasteiger charge is 2.15. The lowest BCUT2D eigenvalue weighted by molar-refractivity contribution is -0.122. The molecule has 4 rings (SSSR count). The number of hydrogen-bond acceptors (Lipinski definition) is 5. The van der Waals surface area contributed by atoms with Crippen LogP contribution in [0.15, 0.2) is 53.3 Å². The number of rotatable bonds is 5. The lowest BCUT2D eigenvalue weighted by Crippen LogP contribution is -2.33. The number of benzene rings is 2. The van der Waals surface area contributed by atoms with Crippen LogP contribution in [0.3, 0.4) is 0 Å². The summed E-state index contributed by atoms with van der Waals surface area (Å²) in [5.74, 6) is 0.501. The van der Waals surface area contributed by atoms with Crippen LogP contribution in [0.25, 0.3) is 20.2 Å². The zero-order valence-corrected chi connectivity index (χ0v) is 16.4. The third-order valence-electron chi connectivity index (χ3n) is 4.59. The van der Waals surface area contributed by atoms with E-state index < -0.39 is 0 Å². The van der Waals surface area contributed by atoms with Crippen molar-refractivity contribution in [2.75, 3.05) is 7.11 Å². The Bertz CT molecular complexity index is 1230. The highest BCUT2D eigenvalue weighted by Crippen LogP contribution is 2.32. The second-order valence-electron chi connectivity index (χ2n) is 6.48. The van der Waals surface area contributed by atoms with E-state index in [1.807, 2.05) is 55.5 Å². The number of thiophene rings is 1. The van der Waals surface area contributed by atoms with Gasteiger partial charge in [0.25, 0.3) is 5.56 Å². The van der Waals surface area contributed by atoms with Crippen LogP contribution in [0, 0.1) is 6.92 Å². The normalized spacial score (nSPS) is 11.1. The molecule has 0 bridgehead atoms. The van der Waals surface area contributed by atoms with Gasteiger partial charge in [0.1, 0.15) is 12.3 Å². The first-order chi connectivity index (χ1) is 13.6. The molecule has 1 amide bonds. The van der Waals surface area contributed by atoms with Crippen LogP contribution in [-0.4, -0.2) is 22.8 Å². The average Bonchev–Trinajstić information content (AvgIpc) is 3.11. The highest BCUT2D eigenvalue weighted by molar-refractivity contribution is 7.26. The maximum Gasteiger partial charge on any atom is 0.276 e. The number of carbonyl (C=O) groups is 1. The number of hydrogen-bond donors (Lipinski definition) is 1. The quantitative estimate of drug-likeness (QED) is 0.565. The van der Waals surface area contributed by atoms with Crippen molar-refractivity contribution in [1.29, 1.82) is 0 Å². The van der Waals surface area contributed by atoms with Crippen LogP contribution < -0.4 is 15.6 Å². The van der Waals surface area contributed by atoms with Crippen molar-refractivity contribution in [1.82, 2.24) is 15.1 Å². The van der Waals surface area contributed by atoms with Gasteiger partial charge in [0.2, 0.25) is 5.91 Å². The Kier molecular flexibility index (Phi) is 4.83. The second kappa shape index (κ2) is 7.44. The van der Waals surface area contributed by atoms with Gasteiger partial charge in [-0.2, -0.15) is 5.10 Å². The number of nitrogens with zero attached hydrogens (tertiary/aromatic N) is 2. The molecule has 4 aromatic rings. The first-order valence-electron chi connectivity index (χ1n) is 8.85. The number of ether oxygens (including phenoxy) is 1. The molecule has 0 radical (unpaired) electrons. The molecular formula is C21H19N3O3S. The van der Waals surface area contributed by atoms with Crippen molar-refractivity contribution in [3.05, 3.63) is 70.1 Å². The lowest BCUT2D eigenvalue weighted by atomic mass is 10.2. The molecule has 2 aromatic carbocycles. The molecule has 7 heteroatoms. The molecule has 0 unspecified atom stereocenters. The van der Waals surface area contributed by atoms with Crippen molar-refractivity contribution < 1.29 is 9.53 Å². The molecule has 28 heavy (non-hydrogen) atoms. The molecule has 0 aliphatic carbocycles. The molecule has 2 aromatic heterocycles. The summed E-state index contributed by atoms with van der Waals surface area (Å²) in [5, 5.41) is 8.73. The molecule has 0 aliphatic rings. The van der Waals surface area contributed by atoms with E-state index in [4.69, 9.17) is 4.74 Å². The summed E-state index contributed by atoms with van der Waals surface area (Å²) in [7, 11) is 1.61. The van der Waals surface area contributed by atoms with Crippen LogP contribution >= 0.6 is 11.3 Å². The fraction of sp³-hybridized carbons (Fsp3) is 0.190. The van der Waals surface area contributed by atoms with Gasteiger partial charge in [0.15, 0.2) is 0 Å². The standard InChI is InChI=1S/C21H19N3O3S/c1-13-20-19(16-5-3-4-6-17(16)28-20)21(26)24(23-13)12-18(25)22-11-14-7-9-15(27-2)10-8-14/h3-10H,11-12H2,1-2H3,(H,22,25). The van der Waals surface area contributed by atoms with E-state index in [1.165, 1.54) is 4.68 Å². The third-order valence-corrected chi connectivity index (χ3v) is 5.86. The summed E-state index contributed by atoms with van der Waals surface area (Å²) >= 11 is 1.55. The first kappa shape index (κ1) is 18.2. The molecule has 0 aliphatic heterocycles. The SMILES string of the molecule is COc1ccc(CNC(=O)Cn2nc(C)c3sc4ccccc4c3c2=O)cc1. The van der Waals surface area contributed by atoms with E-state index in [-0.39, 0.29) is 18.0 Å². The molecule has 1 N–H and O–H groups in total. The van der Waals surface area contributed by atoms with Crippen molar-refractivity contribution in [2.45, 2.75) is 20.0 Å². The summed E-state index contributed by atoms with van der Waals surface area (Å²) in [6.45, 7) is 2.12. The Morgan fingerprint density at radius 1 is 1.18 bits per heavy atom. The predicted octanol–water partition coefficient (Wildman–Crippen LogP) is 3.24. The van der Waals surface area contributed by atoms with Gasteiger partial charge in [0.05, 0.1) is 22.9 Å². The van der Waals surface area contributed by atoms with Gasteiger partial charge in [-0.15, -0.1) is 11.3 Å². The molecule has 142 valence electrons. The Morgan fingerprint density at radius 2 is 1.93 bits per heavy atom. The minimum absolute atomic E-state index is 0.115. The fourth-order valence-corrected chi connectivity index (χ4v) is 4.29. The second-order valence-corrected chi connectivity index (χ2v) is 7.53. The topological polar surface area (TPSA) is 73.2 Å². The first-order valence-corrected chi connectivity index (χ1v) is 9.67. The maximum atomic E-state index is 12.9. The molecule has 6 nitrogen and oxygen atoms in total. The van der Waals surface area contributed by atoms with E-state index >= 15 is 0 Å². The largest absolute Gasteiger partial charge is 0.497 e. The number of methoxy groups -OCH3 is 1. The number of amides is 1. The Labute approximate surface area is 165 Å². The van der Waals surface area contributed by atoms with Crippen LogP contribution in [0.1, 0.15) is 11.3 Å². The van der Waals surface area contributed by atoms with E-state index in [9.17, 15) is 9.59 Å². The summed E-state index contributed by atoms with van der Waals surface area (Å²) in [6.07, 6.45) is 0. The van der Waals surface area contributed by atoms with E-state index in [1.54, 1.807) is 18.4 Å². The summed E-state index contributed by atoms with van der Waals surface area (Å²) in [4.78, 5) is 25.3. The Balaban J connectivity index is 1.57.